The first-order valence-corrected chi connectivity index (χ1v) is 11.2. The van der Waals surface area contributed by atoms with Crippen LogP contribution in [0.2, 0.25) is 0 Å². The number of imide groups is 1. The fourth-order valence-electron chi connectivity index (χ4n) is 5.36. The van der Waals surface area contributed by atoms with Crippen LogP contribution in [0.15, 0.2) is 42.5 Å². The van der Waals surface area contributed by atoms with Crippen LogP contribution in [0.1, 0.15) is 39.0 Å². The number of rotatable bonds is 5. The summed E-state index contributed by atoms with van der Waals surface area (Å²) >= 11 is 0. The highest BCUT2D eigenvalue weighted by molar-refractivity contribution is 6.10. The fraction of sp³-hybridized carbons (Fsp3) is 0.400. The molecular weight excluding hydrogens is 390 g/mol. The van der Waals surface area contributed by atoms with Crippen LogP contribution in [0.3, 0.4) is 0 Å². The van der Waals surface area contributed by atoms with Crippen LogP contribution in [-0.2, 0) is 20.9 Å². The van der Waals surface area contributed by atoms with Crippen LogP contribution >= 0.6 is 0 Å². The van der Waals surface area contributed by atoms with Crippen LogP contribution < -0.4 is 5.32 Å². The van der Waals surface area contributed by atoms with E-state index in [0.29, 0.717) is 0 Å². The van der Waals surface area contributed by atoms with Crippen molar-refractivity contribution in [2.24, 2.45) is 11.8 Å². The Kier molecular flexibility index (Phi) is 5.00. The minimum absolute atomic E-state index is 0.0868. The number of benzene rings is 2. The Morgan fingerprint density at radius 1 is 0.968 bits per heavy atom. The Morgan fingerprint density at radius 2 is 1.65 bits per heavy atom. The number of nitrogens with zero attached hydrogens (tertiary/aromatic N) is 2. The Bertz CT molecular complexity index is 1170. The lowest BCUT2D eigenvalue weighted by atomic mass is 9.81. The largest absolute Gasteiger partial charge is 0.341 e. The second-order valence-corrected chi connectivity index (χ2v) is 8.62. The lowest BCUT2D eigenvalue weighted by Crippen LogP contribution is -2.34. The van der Waals surface area contributed by atoms with Crippen molar-refractivity contribution in [1.82, 2.24) is 9.47 Å². The molecule has 2 fully saturated rings. The maximum absolute atomic E-state index is 12.6. The summed E-state index contributed by atoms with van der Waals surface area (Å²) in [5.41, 5.74) is 3.04. The van der Waals surface area contributed by atoms with Crippen molar-refractivity contribution in [2.45, 2.75) is 45.6 Å². The van der Waals surface area contributed by atoms with Gasteiger partial charge in [0.2, 0.25) is 17.7 Å². The number of aryl methyl sites for hydroxylation is 1. The quantitative estimate of drug-likeness (QED) is 0.629. The van der Waals surface area contributed by atoms with E-state index in [1.807, 2.05) is 30.3 Å². The van der Waals surface area contributed by atoms with E-state index in [1.165, 1.54) is 10.4 Å². The molecular formula is C25H27N3O3. The van der Waals surface area contributed by atoms with Crippen LogP contribution in [0.4, 0.5) is 5.69 Å². The molecule has 1 saturated carbocycles. The van der Waals surface area contributed by atoms with E-state index < -0.39 is 0 Å². The highest BCUT2D eigenvalue weighted by Crippen LogP contribution is 2.38. The average molecular weight is 418 g/mol. The number of carbonyl (C=O) groups is 3. The summed E-state index contributed by atoms with van der Waals surface area (Å²) in [4.78, 5) is 39.1. The number of hydrogen-bond donors (Lipinski definition) is 1. The van der Waals surface area contributed by atoms with Gasteiger partial charge >= 0.3 is 0 Å². The number of amides is 3. The Balaban J connectivity index is 1.30. The third kappa shape index (κ3) is 3.30. The zero-order valence-corrected chi connectivity index (χ0v) is 17.8. The minimum Gasteiger partial charge on any atom is -0.341 e. The van der Waals surface area contributed by atoms with Crippen molar-refractivity contribution in [2.75, 3.05) is 11.9 Å². The Morgan fingerprint density at radius 3 is 2.35 bits per heavy atom. The van der Waals surface area contributed by atoms with Gasteiger partial charge in [-0.05, 0) is 44.0 Å². The molecule has 1 N–H and O–H groups in total. The summed E-state index contributed by atoms with van der Waals surface area (Å²) in [5.74, 6) is -0.688. The van der Waals surface area contributed by atoms with Gasteiger partial charge in [0.1, 0.15) is 0 Å². The number of likely N-dealkylation sites (tertiary alicyclic amines) is 1. The number of para-hydroxylation sites is 1. The molecule has 1 saturated heterocycles. The zero-order valence-electron chi connectivity index (χ0n) is 17.8. The molecule has 0 bridgehead atoms. The van der Waals surface area contributed by atoms with Crippen LogP contribution in [-0.4, -0.2) is 33.7 Å². The smallest absolute Gasteiger partial charge is 0.233 e. The Labute approximate surface area is 181 Å². The monoisotopic (exact) mass is 417 g/mol. The standard InChI is InChI=1S/C25H27N3O3/c1-2-27-21-10-6-5-7-17(21)20-15-16(11-12-22(20)27)26-23(29)13-14-28-24(30)18-8-3-4-9-19(18)25(28)31/h5-7,10-12,15,18-19H,2-4,8-9,13-14H2,1H3,(H,26,29). The van der Waals surface area contributed by atoms with Crippen molar-refractivity contribution in [3.05, 3.63) is 42.5 Å². The van der Waals surface area contributed by atoms with E-state index in [0.717, 1.165) is 54.2 Å². The maximum Gasteiger partial charge on any atom is 0.233 e. The predicted molar refractivity (Wildman–Crippen MR) is 121 cm³/mol. The molecule has 2 unspecified atom stereocenters. The number of anilines is 1. The van der Waals surface area contributed by atoms with Crippen molar-refractivity contribution < 1.29 is 14.4 Å². The van der Waals surface area contributed by atoms with Gasteiger partial charge in [-0.1, -0.05) is 31.0 Å². The molecule has 1 aromatic heterocycles. The van der Waals surface area contributed by atoms with Crippen molar-refractivity contribution >= 4 is 45.2 Å². The molecule has 5 rings (SSSR count). The highest BCUT2D eigenvalue weighted by atomic mass is 16.2. The van der Waals surface area contributed by atoms with Crippen molar-refractivity contribution in [3.8, 4) is 0 Å². The normalized spacial score (nSPS) is 21.1. The topological polar surface area (TPSA) is 71.4 Å². The molecule has 2 heterocycles. The van der Waals surface area contributed by atoms with E-state index in [2.05, 4.69) is 28.9 Å². The van der Waals surface area contributed by atoms with E-state index in [9.17, 15) is 14.4 Å². The van der Waals surface area contributed by atoms with Crippen LogP contribution in [0.25, 0.3) is 21.8 Å². The Hall–Kier alpha value is -3.15. The molecule has 3 aromatic rings. The molecule has 1 aliphatic heterocycles. The van der Waals surface area contributed by atoms with E-state index in [4.69, 9.17) is 0 Å². The number of fused-ring (bicyclic) bond motifs is 4. The summed E-state index contributed by atoms with van der Waals surface area (Å²) in [7, 11) is 0. The predicted octanol–water partition coefficient (Wildman–Crippen LogP) is 4.32. The molecule has 3 amide bonds. The summed E-state index contributed by atoms with van der Waals surface area (Å²) < 4.78 is 2.26. The molecule has 2 aromatic carbocycles. The van der Waals surface area contributed by atoms with Crippen LogP contribution in [0, 0.1) is 11.8 Å². The summed E-state index contributed by atoms with van der Waals surface area (Å²) in [6, 6.07) is 14.2. The second-order valence-electron chi connectivity index (χ2n) is 8.62. The van der Waals surface area contributed by atoms with E-state index in [-0.39, 0.29) is 42.5 Å². The van der Waals surface area contributed by atoms with Gasteiger partial charge in [0.25, 0.3) is 0 Å². The van der Waals surface area contributed by atoms with Crippen LogP contribution in [0.5, 0.6) is 0 Å². The van der Waals surface area contributed by atoms with Gasteiger partial charge in [-0.2, -0.15) is 0 Å². The number of carbonyl (C=O) groups excluding carboxylic acids is 3. The zero-order chi connectivity index (χ0) is 21.5. The molecule has 6 heteroatoms. The van der Waals surface area contributed by atoms with Gasteiger partial charge < -0.3 is 9.88 Å². The summed E-state index contributed by atoms with van der Waals surface area (Å²) in [6.45, 7) is 3.15. The van der Waals surface area contributed by atoms with E-state index >= 15 is 0 Å². The summed E-state index contributed by atoms with van der Waals surface area (Å²) in [6.07, 6.45) is 3.72. The second kappa shape index (κ2) is 7.84. The van der Waals surface area contributed by atoms with Gasteiger partial charge in [0.15, 0.2) is 0 Å². The fourth-order valence-corrected chi connectivity index (χ4v) is 5.36. The molecule has 0 spiro atoms. The molecule has 2 aliphatic rings. The van der Waals surface area contributed by atoms with Gasteiger partial charge in [-0.15, -0.1) is 0 Å². The number of aromatic nitrogens is 1. The minimum atomic E-state index is -0.186. The highest BCUT2D eigenvalue weighted by Gasteiger charge is 2.47. The molecule has 0 radical (unpaired) electrons. The average Bonchev–Trinajstić information content (AvgIpc) is 3.24. The maximum atomic E-state index is 12.6. The van der Waals surface area contributed by atoms with Gasteiger partial charge in [-0.25, -0.2) is 0 Å². The molecule has 6 nitrogen and oxygen atoms in total. The third-order valence-corrected chi connectivity index (χ3v) is 6.87. The van der Waals surface area contributed by atoms with Gasteiger partial charge in [0, 0.05) is 47.0 Å². The summed E-state index contributed by atoms with van der Waals surface area (Å²) in [5, 5.41) is 5.20. The molecule has 1 aliphatic carbocycles. The molecule has 160 valence electrons. The van der Waals surface area contributed by atoms with Crippen molar-refractivity contribution in [1.29, 1.82) is 0 Å². The van der Waals surface area contributed by atoms with Crippen molar-refractivity contribution in [3.63, 3.8) is 0 Å². The number of nitrogens with one attached hydrogen (secondary N) is 1. The third-order valence-electron chi connectivity index (χ3n) is 6.87. The first-order chi connectivity index (χ1) is 15.1. The van der Waals surface area contributed by atoms with Gasteiger partial charge in [-0.3, -0.25) is 19.3 Å². The first-order valence-electron chi connectivity index (χ1n) is 11.2. The first kappa shape index (κ1) is 19.8. The SMILES string of the molecule is CCn1c2ccccc2c2cc(NC(=O)CCN3C(=O)C4CCCCC4C3=O)ccc21. The molecule has 31 heavy (non-hydrogen) atoms. The van der Waals surface area contributed by atoms with E-state index in [1.54, 1.807) is 0 Å². The van der Waals surface area contributed by atoms with Gasteiger partial charge in [0.05, 0.1) is 11.8 Å². The molecule has 2 atom stereocenters. The lowest BCUT2D eigenvalue weighted by Gasteiger charge is -2.19. The lowest BCUT2D eigenvalue weighted by molar-refractivity contribution is -0.140. The number of hydrogen-bond acceptors (Lipinski definition) is 3.